The van der Waals surface area contributed by atoms with Crippen molar-refractivity contribution < 1.29 is 9.18 Å². The van der Waals surface area contributed by atoms with Gasteiger partial charge in [-0.05, 0) is 68.6 Å². The van der Waals surface area contributed by atoms with Crippen molar-refractivity contribution in [1.29, 1.82) is 0 Å². The van der Waals surface area contributed by atoms with E-state index in [1.54, 1.807) is 6.07 Å². The van der Waals surface area contributed by atoms with Crippen LogP contribution in [0.2, 0.25) is 0 Å². The number of nitrogens with two attached hydrogens (primary N) is 1. The lowest BCUT2D eigenvalue weighted by atomic mass is 9.91. The van der Waals surface area contributed by atoms with Gasteiger partial charge >= 0.3 is 0 Å². The molecule has 4 heteroatoms. The average molecular weight is 334 g/mol. The van der Waals surface area contributed by atoms with Crippen LogP contribution in [0.25, 0.3) is 0 Å². The monoisotopic (exact) mass is 334 g/mol. The number of halogens is 1. The Balaban J connectivity index is 1.72. The first kappa shape index (κ1) is 19.1. The Labute approximate surface area is 145 Å². The summed E-state index contributed by atoms with van der Waals surface area (Å²) in [5.74, 6) is 0.639. The van der Waals surface area contributed by atoms with Gasteiger partial charge in [-0.15, -0.1) is 0 Å². The van der Waals surface area contributed by atoms with Crippen molar-refractivity contribution in [1.82, 2.24) is 4.90 Å². The quantitative estimate of drug-likeness (QED) is 0.690. The zero-order valence-corrected chi connectivity index (χ0v) is 14.9. The van der Waals surface area contributed by atoms with Crippen LogP contribution in [0.1, 0.15) is 67.8 Å². The minimum atomic E-state index is -0.335. The summed E-state index contributed by atoms with van der Waals surface area (Å²) >= 11 is 0. The van der Waals surface area contributed by atoms with E-state index in [2.05, 4.69) is 11.8 Å². The van der Waals surface area contributed by atoms with Crippen molar-refractivity contribution in [2.45, 2.75) is 58.4 Å². The zero-order chi connectivity index (χ0) is 17.4. The molecule has 2 rings (SSSR count). The number of rotatable bonds is 9. The van der Waals surface area contributed by atoms with E-state index >= 15 is 0 Å². The van der Waals surface area contributed by atoms with Crippen LogP contribution in [0.4, 0.5) is 4.39 Å². The number of benzene rings is 1. The molecule has 1 heterocycles. The second-order valence-electron chi connectivity index (χ2n) is 6.96. The fourth-order valence-corrected chi connectivity index (χ4v) is 3.59. The van der Waals surface area contributed by atoms with Crippen LogP contribution in [0.5, 0.6) is 0 Å². The molecule has 24 heavy (non-hydrogen) atoms. The third-order valence-electron chi connectivity index (χ3n) is 5.14. The summed E-state index contributed by atoms with van der Waals surface area (Å²) in [5, 5.41) is 0. The highest BCUT2D eigenvalue weighted by atomic mass is 19.1. The highest BCUT2D eigenvalue weighted by Crippen LogP contribution is 2.23. The summed E-state index contributed by atoms with van der Waals surface area (Å²) in [7, 11) is 0. The molecule has 0 atom stereocenters. The molecule has 0 aliphatic carbocycles. The number of hydrogen-bond acceptors (Lipinski definition) is 3. The lowest BCUT2D eigenvalue weighted by Gasteiger charge is -2.31. The van der Waals surface area contributed by atoms with Crippen molar-refractivity contribution in [3.63, 3.8) is 0 Å². The molecule has 1 fully saturated rings. The second-order valence-corrected chi connectivity index (χ2v) is 6.96. The number of ketones is 1. The average Bonchev–Trinajstić information content (AvgIpc) is 2.60. The summed E-state index contributed by atoms with van der Waals surface area (Å²) in [4.78, 5) is 14.8. The van der Waals surface area contributed by atoms with Crippen LogP contribution >= 0.6 is 0 Å². The highest BCUT2D eigenvalue weighted by Gasteiger charge is 2.19. The van der Waals surface area contributed by atoms with Gasteiger partial charge in [-0.25, -0.2) is 4.39 Å². The van der Waals surface area contributed by atoms with E-state index in [0.29, 0.717) is 17.5 Å². The summed E-state index contributed by atoms with van der Waals surface area (Å²) in [5.41, 5.74) is 6.81. The van der Waals surface area contributed by atoms with Gasteiger partial charge in [0.05, 0.1) is 0 Å². The highest BCUT2D eigenvalue weighted by molar-refractivity contribution is 5.97. The first-order valence-electron chi connectivity index (χ1n) is 9.38. The number of Topliss-reactive ketones (excluding diaryl/α,β-unsaturated/α-hetero) is 1. The Morgan fingerprint density at radius 2 is 2.04 bits per heavy atom. The molecule has 0 amide bonds. The molecule has 2 N–H and O–H groups in total. The predicted octanol–water partition coefficient (Wildman–Crippen LogP) is 4.15. The van der Waals surface area contributed by atoms with Crippen LogP contribution in [-0.2, 0) is 6.54 Å². The lowest BCUT2D eigenvalue weighted by molar-refractivity contribution is 0.0969. The fourth-order valence-electron chi connectivity index (χ4n) is 3.59. The van der Waals surface area contributed by atoms with Crippen molar-refractivity contribution in [2.75, 3.05) is 19.6 Å². The molecule has 1 aromatic rings. The lowest BCUT2D eigenvalue weighted by Crippen LogP contribution is -2.34. The third kappa shape index (κ3) is 5.67. The summed E-state index contributed by atoms with van der Waals surface area (Å²) in [6.45, 7) is 5.75. The van der Waals surface area contributed by atoms with Crippen LogP contribution < -0.4 is 5.73 Å². The maximum atomic E-state index is 13.2. The standard InChI is InChI=1S/C20H31FN2O/c1-2-3-5-16-9-12-23(13-10-16)11-4-6-20(24)19-8-7-18(21)14-17(19)15-22/h7-8,14,16H,2-6,9-13,15,22H2,1H3. The normalized spacial score (nSPS) is 16.5. The fraction of sp³-hybridized carbons (Fsp3) is 0.650. The minimum absolute atomic E-state index is 0.0771. The minimum Gasteiger partial charge on any atom is -0.326 e. The van der Waals surface area contributed by atoms with Gasteiger partial charge in [0.25, 0.3) is 0 Å². The molecule has 1 aromatic carbocycles. The molecule has 134 valence electrons. The summed E-state index contributed by atoms with van der Waals surface area (Å²) < 4.78 is 13.2. The Morgan fingerprint density at radius 1 is 1.29 bits per heavy atom. The second kappa shape index (κ2) is 9.90. The van der Waals surface area contributed by atoms with E-state index in [4.69, 9.17) is 5.73 Å². The van der Waals surface area contributed by atoms with E-state index in [-0.39, 0.29) is 18.1 Å². The van der Waals surface area contributed by atoms with E-state index in [1.165, 1.54) is 44.2 Å². The molecule has 1 aliphatic rings. The molecule has 0 saturated carbocycles. The molecular weight excluding hydrogens is 303 g/mol. The first-order valence-corrected chi connectivity index (χ1v) is 9.38. The Hall–Kier alpha value is -1.26. The van der Waals surface area contributed by atoms with E-state index in [9.17, 15) is 9.18 Å². The van der Waals surface area contributed by atoms with Crippen molar-refractivity contribution in [3.05, 3.63) is 35.1 Å². The van der Waals surface area contributed by atoms with E-state index < -0.39 is 0 Å². The van der Waals surface area contributed by atoms with E-state index in [1.807, 2.05) is 0 Å². The Kier molecular flexibility index (Phi) is 7.86. The summed E-state index contributed by atoms with van der Waals surface area (Å²) in [6, 6.07) is 4.28. The largest absolute Gasteiger partial charge is 0.326 e. The number of carbonyl (C=O) groups excluding carboxylic acids is 1. The van der Waals surface area contributed by atoms with Crippen LogP contribution in [0, 0.1) is 11.7 Å². The van der Waals surface area contributed by atoms with Gasteiger partial charge in [0.1, 0.15) is 5.82 Å². The molecule has 1 saturated heterocycles. The molecule has 0 bridgehead atoms. The van der Waals surface area contributed by atoms with Gasteiger partial charge in [0.2, 0.25) is 0 Å². The Morgan fingerprint density at radius 3 is 2.71 bits per heavy atom. The van der Waals surface area contributed by atoms with Gasteiger partial charge in [0, 0.05) is 18.5 Å². The maximum absolute atomic E-state index is 13.2. The van der Waals surface area contributed by atoms with Crippen molar-refractivity contribution >= 4 is 5.78 Å². The topological polar surface area (TPSA) is 46.3 Å². The zero-order valence-electron chi connectivity index (χ0n) is 14.9. The van der Waals surface area contributed by atoms with Gasteiger partial charge in [0.15, 0.2) is 5.78 Å². The Bertz CT molecular complexity index is 524. The first-order chi connectivity index (χ1) is 11.6. The van der Waals surface area contributed by atoms with Crippen LogP contribution in [-0.4, -0.2) is 30.3 Å². The number of piperidine rings is 1. The molecule has 0 spiro atoms. The predicted molar refractivity (Wildman–Crippen MR) is 96.5 cm³/mol. The number of nitrogens with zero attached hydrogens (tertiary/aromatic N) is 1. The third-order valence-corrected chi connectivity index (χ3v) is 5.14. The summed E-state index contributed by atoms with van der Waals surface area (Å²) in [6.07, 6.45) is 7.97. The van der Waals surface area contributed by atoms with Crippen LogP contribution in [0.3, 0.4) is 0 Å². The maximum Gasteiger partial charge on any atom is 0.163 e. The van der Waals surface area contributed by atoms with E-state index in [0.717, 1.165) is 32.0 Å². The SMILES string of the molecule is CCCCC1CCN(CCCC(=O)c2ccc(F)cc2CN)CC1. The van der Waals surface area contributed by atoms with Gasteiger partial charge in [-0.1, -0.05) is 26.2 Å². The number of carbonyl (C=O) groups is 1. The molecule has 0 unspecified atom stereocenters. The molecule has 0 radical (unpaired) electrons. The number of likely N-dealkylation sites (tertiary alicyclic amines) is 1. The molecule has 3 nitrogen and oxygen atoms in total. The molecular formula is C20H31FN2O. The van der Waals surface area contributed by atoms with Gasteiger partial charge in [-0.3, -0.25) is 4.79 Å². The van der Waals surface area contributed by atoms with Crippen LogP contribution in [0.15, 0.2) is 18.2 Å². The molecule has 1 aliphatic heterocycles. The molecule has 0 aromatic heterocycles. The number of unbranched alkanes of at least 4 members (excludes halogenated alkanes) is 1. The smallest absolute Gasteiger partial charge is 0.163 e. The van der Waals surface area contributed by atoms with Gasteiger partial charge < -0.3 is 10.6 Å². The van der Waals surface area contributed by atoms with Crippen molar-refractivity contribution in [2.24, 2.45) is 11.7 Å². The van der Waals surface area contributed by atoms with Crippen molar-refractivity contribution in [3.8, 4) is 0 Å². The number of hydrogen-bond donors (Lipinski definition) is 1. The van der Waals surface area contributed by atoms with Gasteiger partial charge in [-0.2, -0.15) is 0 Å².